The molecule has 0 spiro atoms. The molecule has 94 heavy (non-hydrogen) atoms. The lowest BCUT2D eigenvalue weighted by atomic mass is 9.88. The Labute approximate surface area is 552 Å². The van der Waals surface area contributed by atoms with Gasteiger partial charge in [-0.1, -0.05) is 83.3 Å². The fourth-order valence-electron chi connectivity index (χ4n) is 11.7. The molecule has 0 radical (unpaired) electrons. The van der Waals surface area contributed by atoms with Gasteiger partial charge < -0.3 is 150 Å². The van der Waals surface area contributed by atoms with Crippen LogP contribution in [0.1, 0.15) is 111 Å². The van der Waals surface area contributed by atoms with Crippen LogP contribution >= 0.6 is 23.2 Å². The van der Waals surface area contributed by atoms with Crippen LogP contribution in [-0.4, -0.2) is 326 Å². The van der Waals surface area contributed by atoms with Gasteiger partial charge in [0.15, 0.2) is 31.3 Å². The van der Waals surface area contributed by atoms with E-state index in [1.54, 1.807) is 6.08 Å². The van der Waals surface area contributed by atoms with Gasteiger partial charge >= 0.3 is 11.9 Å². The number of ether oxygens (including phenoxy) is 11. The number of aliphatic hydroxyl groups excluding tert-OH is 16. The number of amides is 2. The molecule has 0 aromatic rings. The molecule has 0 aliphatic carbocycles. The van der Waals surface area contributed by atoms with Crippen molar-refractivity contribution in [2.45, 2.75) is 287 Å². The quantitative estimate of drug-likeness (QED) is 0.0119. The van der Waals surface area contributed by atoms with Crippen LogP contribution in [0.15, 0.2) is 12.2 Å². The first-order chi connectivity index (χ1) is 44.6. The van der Waals surface area contributed by atoms with E-state index in [9.17, 15) is 106 Å². The third-order valence-corrected chi connectivity index (χ3v) is 17.1. The van der Waals surface area contributed by atoms with E-state index in [2.05, 4.69) is 17.6 Å². The van der Waals surface area contributed by atoms with Gasteiger partial charge in [0.05, 0.1) is 58.2 Å². The van der Waals surface area contributed by atoms with E-state index in [-0.39, 0.29) is 0 Å². The van der Waals surface area contributed by atoms with Gasteiger partial charge in [-0.3, -0.25) is 14.4 Å². The van der Waals surface area contributed by atoms with Crippen LogP contribution in [0.5, 0.6) is 0 Å². The topological polar surface area (TPSA) is 538 Å². The third-order valence-electron chi connectivity index (χ3n) is 16.8. The molecule has 5 fully saturated rings. The Morgan fingerprint density at radius 2 is 1.09 bits per heavy atom. The number of aliphatic hydroxyl groups is 16. The van der Waals surface area contributed by atoms with Crippen LogP contribution in [0, 0.1) is 0 Å². The van der Waals surface area contributed by atoms with Gasteiger partial charge in [0, 0.05) is 20.3 Å². The highest BCUT2D eigenvalue weighted by atomic mass is 35.5. The fraction of sp³-hybridized carbons (Fsp3) is 0.897. The van der Waals surface area contributed by atoms with E-state index in [4.69, 9.17) is 75.3 Å². The second-order valence-electron chi connectivity index (χ2n) is 24.0. The van der Waals surface area contributed by atoms with Crippen molar-refractivity contribution in [1.82, 2.24) is 10.6 Å². The molecular formula is C58H98Cl2N2O32. The highest BCUT2D eigenvalue weighted by Gasteiger charge is 2.62. The highest BCUT2D eigenvalue weighted by molar-refractivity contribution is 6.45. The largest absolute Gasteiger partial charge is 0.477 e. The number of alkyl halides is 2. The number of rotatable bonds is 38. The second kappa shape index (κ2) is 39.8. The fourth-order valence-corrected chi connectivity index (χ4v) is 11.9. The number of carbonyl (C=O) groups excluding carboxylic acids is 3. The Kier molecular flexibility index (Phi) is 34.7. The Balaban J connectivity index is 1.46. The van der Waals surface area contributed by atoms with Gasteiger partial charge in [0.2, 0.25) is 11.8 Å². The molecular weight excluding hydrogens is 1310 g/mol. The third kappa shape index (κ3) is 22.3. The number of hydrogen-bond acceptors (Lipinski definition) is 31. The summed E-state index contributed by atoms with van der Waals surface area (Å²) in [5.74, 6) is -8.35. The zero-order valence-electron chi connectivity index (χ0n) is 52.4. The van der Waals surface area contributed by atoms with Crippen molar-refractivity contribution in [2.24, 2.45) is 0 Å². The van der Waals surface area contributed by atoms with Gasteiger partial charge in [0.1, 0.15) is 127 Å². The number of carboxylic acids is 1. The number of nitrogens with one attached hydrogen (secondary N) is 2. The first-order valence-corrected chi connectivity index (χ1v) is 32.5. The molecule has 0 unspecified atom stereocenters. The molecule has 5 heterocycles. The summed E-state index contributed by atoms with van der Waals surface area (Å²) in [5.41, 5.74) is 0. The van der Waals surface area contributed by atoms with Crippen molar-refractivity contribution in [2.75, 3.05) is 39.6 Å². The van der Waals surface area contributed by atoms with Crippen molar-refractivity contribution >= 4 is 47.0 Å². The number of esters is 1. The van der Waals surface area contributed by atoms with Crippen molar-refractivity contribution < 1.29 is 158 Å². The normalized spacial score (nSPS) is 37.8. The number of aliphatic carboxylic acids is 1. The van der Waals surface area contributed by atoms with E-state index in [0.717, 1.165) is 46.0 Å². The molecule has 5 aliphatic heterocycles. The SMILES string of the molecule is CCCCCCCCCCCCC/C=C/[C@@H](O)[C@H](CO[C@@H]1O[C@H](CO)[C@@H](O[C@@H]2O[C@H](CO)[C@H](O[C@@H]3O[C@H](CO)[C@H](O)[C@H](O[C@@H]4O[C@H](CO)[C@H](O)[C@H](O)[C@H]4O)[C@H]3NC(C)=O)[C@H](O[C@]3(C(=O)O)C[C@H](O)[C@@H](NC(C)=O)[C@H]([C@H](O)[C@H](O)CO)O3)[C@H]2O)[C@H](O)[C@H]1O)OC(=O)CC(Cl)Cl. The highest BCUT2D eigenvalue weighted by Crippen LogP contribution is 2.41. The number of unbranched alkanes of at least 4 members (excludes halogenated alkanes) is 11. The first kappa shape index (κ1) is 81.8. The monoisotopic (exact) mass is 1400 g/mol. The van der Waals surface area contributed by atoms with Gasteiger partial charge in [-0.05, 0) is 12.8 Å². The van der Waals surface area contributed by atoms with E-state index < -0.39 is 252 Å². The summed E-state index contributed by atoms with van der Waals surface area (Å²) in [6, 6.07) is -3.69. The second-order valence-corrected chi connectivity index (χ2v) is 25.3. The average molecular weight is 1410 g/mol. The van der Waals surface area contributed by atoms with Gasteiger partial charge in [-0.2, -0.15) is 0 Å². The standard InChI is InChI=1S/C58H98Cl2N2O32/c1-4-5-6-7-8-9-10-11-12-13-14-15-16-17-28(70)35(85-37(73)18-36(59)60)25-84-54-46(80)44(78)48(33(23-66)88-54)90-56-47(81)52(94-58(57(82)83)19-29(71)38(61-26(2)68)51(93-58)40(74)30(72)20-63)49(34(24-67)89-56)91-53-39(62-27(3)69)50(42(76)32(22-65)86-53)92-55-45(79)43(77)41(75)31(21-64)87-55/h16-17,28-36,38-56,63-67,70-72,74-81H,4-15,18-25H2,1-3H3,(H,61,68)(H,62,69)(H,82,83)/b17-16+/t28-,29+,30-,31-,32-,33-,34-,35+,38-,39-,40-,41+,42+,43+,44-,45-,46-,47-,48-,49+,50-,51-,52-,53+,54-,55+,56+,58+/m1/s1. The molecule has 5 saturated heterocycles. The summed E-state index contributed by atoms with van der Waals surface area (Å²) in [4.78, 5) is 50.7. The molecule has 5 rings (SSSR count). The Morgan fingerprint density at radius 3 is 1.65 bits per heavy atom. The zero-order valence-corrected chi connectivity index (χ0v) is 54.0. The Bertz CT molecular complexity index is 2290. The van der Waals surface area contributed by atoms with Crippen LogP contribution in [0.3, 0.4) is 0 Å². The summed E-state index contributed by atoms with van der Waals surface area (Å²) in [6.45, 7) is -2.28. The van der Waals surface area contributed by atoms with Crippen molar-refractivity contribution in [3.05, 3.63) is 12.2 Å². The van der Waals surface area contributed by atoms with E-state index in [1.165, 1.54) is 44.6 Å². The molecule has 5 aliphatic rings. The number of carboxylic acid groups (broad SMARTS) is 1. The Morgan fingerprint density at radius 1 is 0.585 bits per heavy atom. The number of halogens is 2. The lowest BCUT2D eigenvalue weighted by Crippen LogP contribution is -2.72. The Hall–Kier alpha value is -2.84. The van der Waals surface area contributed by atoms with Crippen LogP contribution in [-0.2, 0) is 71.3 Å². The molecule has 34 nitrogen and oxygen atoms in total. The summed E-state index contributed by atoms with van der Waals surface area (Å²) in [5, 5.41) is 192. The summed E-state index contributed by atoms with van der Waals surface area (Å²) in [7, 11) is 0. The summed E-state index contributed by atoms with van der Waals surface area (Å²) >= 11 is 11.6. The van der Waals surface area contributed by atoms with Crippen molar-refractivity contribution in [3.63, 3.8) is 0 Å². The minimum atomic E-state index is -3.40. The summed E-state index contributed by atoms with van der Waals surface area (Å²) < 4.78 is 64.6. The maximum atomic E-state index is 13.7. The average Bonchev–Trinajstić information content (AvgIpc) is 0.755. The molecule has 36 heteroatoms. The minimum Gasteiger partial charge on any atom is -0.477 e. The number of hydrogen-bond donors (Lipinski definition) is 19. The molecule has 0 bridgehead atoms. The molecule has 0 aromatic carbocycles. The zero-order chi connectivity index (χ0) is 69.7. The lowest BCUT2D eigenvalue weighted by Gasteiger charge is -2.52. The molecule has 0 saturated carbocycles. The van der Waals surface area contributed by atoms with Gasteiger partial charge in [-0.25, -0.2) is 4.79 Å². The van der Waals surface area contributed by atoms with Gasteiger partial charge in [-0.15, -0.1) is 23.2 Å². The van der Waals surface area contributed by atoms with E-state index in [0.29, 0.717) is 6.42 Å². The van der Waals surface area contributed by atoms with E-state index >= 15 is 0 Å². The number of carbonyl (C=O) groups is 4. The maximum Gasteiger partial charge on any atom is 0.364 e. The summed E-state index contributed by atoms with van der Waals surface area (Å²) in [6.07, 6.45) is -37.5. The number of allylic oxidation sites excluding steroid dienone is 1. The molecule has 28 atom stereocenters. The van der Waals surface area contributed by atoms with Crippen molar-refractivity contribution in [3.8, 4) is 0 Å². The first-order valence-electron chi connectivity index (χ1n) is 31.6. The van der Waals surface area contributed by atoms with Crippen molar-refractivity contribution in [1.29, 1.82) is 0 Å². The molecule has 19 N–H and O–H groups in total. The van der Waals surface area contributed by atoms with Crippen LogP contribution in [0.25, 0.3) is 0 Å². The lowest BCUT2D eigenvalue weighted by molar-refractivity contribution is -0.403. The minimum absolute atomic E-state index is 0.513. The predicted molar refractivity (Wildman–Crippen MR) is 317 cm³/mol. The molecule has 546 valence electrons. The predicted octanol–water partition coefficient (Wildman–Crippen LogP) is -5.68. The molecule has 0 aromatic heterocycles. The van der Waals surface area contributed by atoms with E-state index in [1.807, 2.05) is 0 Å². The van der Waals surface area contributed by atoms with Crippen LogP contribution < -0.4 is 10.6 Å². The van der Waals surface area contributed by atoms with Crippen LogP contribution in [0.4, 0.5) is 0 Å². The van der Waals surface area contributed by atoms with Crippen LogP contribution in [0.2, 0.25) is 0 Å². The smallest absolute Gasteiger partial charge is 0.364 e. The van der Waals surface area contributed by atoms with Gasteiger partial charge in [0.25, 0.3) is 5.79 Å². The maximum absolute atomic E-state index is 13.7. The molecule has 2 amide bonds.